The molecule has 2 aromatic rings. The first-order chi connectivity index (χ1) is 13.2. The van der Waals surface area contributed by atoms with Crippen LogP contribution in [0.25, 0.3) is 0 Å². The summed E-state index contributed by atoms with van der Waals surface area (Å²) in [5, 5.41) is 3.11. The van der Waals surface area contributed by atoms with Crippen LogP contribution in [0.5, 0.6) is 11.5 Å². The molecular weight excluding hydrogens is 340 g/mol. The summed E-state index contributed by atoms with van der Waals surface area (Å²) in [5.41, 5.74) is 1.81. The summed E-state index contributed by atoms with van der Waals surface area (Å²) in [4.78, 5) is 15.0. The summed E-state index contributed by atoms with van der Waals surface area (Å²) in [5.74, 6) is 1.39. The molecule has 0 spiro atoms. The third kappa shape index (κ3) is 4.80. The van der Waals surface area contributed by atoms with Crippen LogP contribution in [0.1, 0.15) is 41.2 Å². The van der Waals surface area contributed by atoms with E-state index in [-0.39, 0.29) is 11.9 Å². The molecule has 3 rings (SSSR count). The van der Waals surface area contributed by atoms with Gasteiger partial charge in [0.05, 0.1) is 20.3 Å². The Morgan fingerprint density at radius 2 is 1.70 bits per heavy atom. The molecule has 1 amide bonds. The average Bonchev–Trinajstić information content (AvgIpc) is 2.75. The number of piperidine rings is 1. The van der Waals surface area contributed by atoms with E-state index in [1.54, 1.807) is 14.2 Å². The summed E-state index contributed by atoms with van der Waals surface area (Å²) >= 11 is 0. The second kappa shape index (κ2) is 9.42. The highest BCUT2D eigenvalue weighted by atomic mass is 16.5. The maximum atomic E-state index is 12.5. The molecule has 0 saturated carbocycles. The summed E-state index contributed by atoms with van der Waals surface area (Å²) in [6, 6.07) is 15.5. The molecule has 0 aliphatic carbocycles. The number of rotatable bonds is 7. The number of carbonyl (C=O) groups excluding carboxylic acids is 1. The van der Waals surface area contributed by atoms with Gasteiger partial charge < -0.3 is 14.8 Å². The number of likely N-dealkylation sites (tertiary alicyclic amines) is 1. The normalized spacial score (nSPS) is 15.8. The van der Waals surface area contributed by atoms with Crippen molar-refractivity contribution in [1.82, 2.24) is 10.2 Å². The Bertz CT molecular complexity index is 742. The Morgan fingerprint density at radius 1 is 1.00 bits per heavy atom. The lowest BCUT2D eigenvalue weighted by Gasteiger charge is -2.35. The zero-order valence-electron chi connectivity index (χ0n) is 16.1. The predicted molar refractivity (Wildman–Crippen MR) is 106 cm³/mol. The van der Waals surface area contributed by atoms with Crippen LogP contribution in [-0.4, -0.2) is 44.7 Å². The third-order valence-electron chi connectivity index (χ3n) is 5.12. The highest BCUT2D eigenvalue weighted by Gasteiger charge is 2.24. The lowest BCUT2D eigenvalue weighted by molar-refractivity contribution is 0.0924. The van der Waals surface area contributed by atoms with Gasteiger partial charge in [-0.05, 0) is 55.8 Å². The van der Waals surface area contributed by atoms with Crippen LogP contribution in [0.3, 0.4) is 0 Å². The van der Waals surface area contributed by atoms with Gasteiger partial charge in [-0.2, -0.15) is 0 Å². The number of hydrogen-bond acceptors (Lipinski definition) is 4. The minimum Gasteiger partial charge on any atom is -0.493 e. The van der Waals surface area contributed by atoms with E-state index in [2.05, 4.69) is 16.3 Å². The van der Waals surface area contributed by atoms with Crippen molar-refractivity contribution in [3.8, 4) is 11.5 Å². The fourth-order valence-electron chi connectivity index (χ4n) is 3.63. The third-order valence-corrected chi connectivity index (χ3v) is 5.12. The molecule has 5 nitrogen and oxygen atoms in total. The molecule has 1 N–H and O–H groups in total. The summed E-state index contributed by atoms with van der Waals surface area (Å²) in [6.07, 6.45) is 3.65. The van der Waals surface area contributed by atoms with Gasteiger partial charge in [-0.25, -0.2) is 0 Å². The molecule has 1 saturated heterocycles. The number of amides is 1. The highest BCUT2D eigenvalue weighted by molar-refractivity contribution is 5.94. The number of carbonyl (C=O) groups is 1. The van der Waals surface area contributed by atoms with Crippen molar-refractivity contribution in [1.29, 1.82) is 0 Å². The Hall–Kier alpha value is -2.53. The molecule has 1 aliphatic rings. The standard InChI is InChI=1S/C22H28N2O3/c1-26-20-12-11-18(15-21(20)27-2)19(24-13-7-4-8-14-24)16-23-22(25)17-9-5-3-6-10-17/h3,5-6,9-12,15,19H,4,7-8,13-14,16H2,1-2H3,(H,23,25). The van der Waals surface area contributed by atoms with E-state index in [1.165, 1.54) is 19.3 Å². The van der Waals surface area contributed by atoms with Crippen molar-refractivity contribution in [3.63, 3.8) is 0 Å². The summed E-state index contributed by atoms with van der Waals surface area (Å²) in [7, 11) is 3.29. The predicted octanol–water partition coefficient (Wildman–Crippen LogP) is 3.66. The van der Waals surface area contributed by atoms with Gasteiger partial charge in [-0.15, -0.1) is 0 Å². The number of hydrogen-bond donors (Lipinski definition) is 1. The minimum absolute atomic E-state index is 0.0434. The van der Waals surface area contributed by atoms with E-state index in [0.29, 0.717) is 23.6 Å². The first-order valence-electron chi connectivity index (χ1n) is 9.52. The smallest absolute Gasteiger partial charge is 0.251 e. The van der Waals surface area contributed by atoms with Gasteiger partial charge in [0, 0.05) is 12.1 Å². The average molecular weight is 368 g/mol. The topological polar surface area (TPSA) is 50.8 Å². The lowest BCUT2D eigenvalue weighted by Crippen LogP contribution is -2.40. The van der Waals surface area contributed by atoms with Crippen molar-refractivity contribution in [2.45, 2.75) is 25.3 Å². The summed E-state index contributed by atoms with van der Waals surface area (Å²) < 4.78 is 10.8. The number of benzene rings is 2. The van der Waals surface area contributed by atoms with Crippen molar-refractivity contribution in [2.24, 2.45) is 0 Å². The van der Waals surface area contributed by atoms with E-state index in [9.17, 15) is 4.79 Å². The molecule has 27 heavy (non-hydrogen) atoms. The van der Waals surface area contributed by atoms with Gasteiger partial charge in [0.15, 0.2) is 11.5 Å². The monoisotopic (exact) mass is 368 g/mol. The van der Waals surface area contributed by atoms with Gasteiger partial charge in [0.25, 0.3) is 5.91 Å². The Balaban J connectivity index is 1.79. The van der Waals surface area contributed by atoms with E-state index in [4.69, 9.17) is 9.47 Å². The van der Waals surface area contributed by atoms with Gasteiger partial charge in [-0.1, -0.05) is 30.7 Å². The number of nitrogens with one attached hydrogen (secondary N) is 1. The lowest BCUT2D eigenvalue weighted by atomic mass is 10.0. The summed E-state index contributed by atoms with van der Waals surface area (Å²) in [6.45, 7) is 2.64. The quantitative estimate of drug-likeness (QED) is 0.810. The molecule has 1 heterocycles. The van der Waals surface area contributed by atoms with E-state index < -0.39 is 0 Å². The second-order valence-electron chi connectivity index (χ2n) is 6.80. The van der Waals surface area contributed by atoms with Crippen LogP contribution in [-0.2, 0) is 0 Å². The molecular formula is C22H28N2O3. The highest BCUT2D eigenvalue weighted by Crippen LogP contribution is 2.32. The van der Waals surface area contributed by atoms with Crippen molar-refractivity contribution in [3.05, 3.63) is 59.7 Å². The van der Waals surface area contributed by atoms with Gasteiger partial charge in [0.2, 0.25) is 0 Å². The molecule has 144 valence electrons. The van der Waals surface area contributed by atoms with Crippen LogP contribution >= 0.6 is 0 Å². The van der Waals surface area contributed by atoms with Crippen LogP contribution in [0.4, 0.5) is 0 Å². The van der Waals surface area contributed by atoms with Crippen LogP contribution in [0.2, 0.25) is 0 Å². The first kappa shape index (κ1) is 19.2. The van der Waals surface area contributed by atoms with Crippen LogP contribution in [0, 0.1) is 0 Å². The van der Waals surface area contributed by atoms with Crippen LogP contribution < -0.4 is 14.8 Å². The zero-order chi connectivity index (χ0) is 19.1. The SMILES string of the molecule is COc1ccc(C(CNC(=O)c2ccccc2)N2CCCCC2)cc1OC. The maximum absolute atomic E-state index is 12.5. The van der Waals surface area contributed by atoms with E-state index in [0.717, 1.165) is 18.7 Å². The Morgan fingerprint density at radius 3 is 2.37 bits per heavy atom. The Kier molecular flexibility index (Phi) is 6.71. The molecule has 1 fully saturated rings. The van der Waals surface area contributed by atoms with Crippen molar-refractivity contribution >= 4 is 5.91 Å². The van der Waals surface area contributed by atoms with Gasteiger partial charge in [0.1, 0.15) is 0 Å². The number of methoxy groups -OCH3 is 2. The van der Waals surface area contributed by atoms with E-state index >= 15 is 0 Å². The molecule has 2 aromatic carbocycles. The fourth-order valence-corrected chi connectivity index (χ4v) is 3.63. The maximum Gasteiger partial charge on any atom is 0.251 e. The fraction of sp³-hybridized carbons (Fsp3) is 0.409. The van der Waals surface area contributed by atoms with E-state index in [1.807, 2.05) is 42.5 Å². The number of ether oxygens (including phenoxy) is 2. The molecule has 1 aliphatic heterocycles. The molecule has 0 radical (unpaired) electrons. The van der Waals surface area contributed by atoms with Crippen molar-refractivity contribution in [2.75, 3.05) is 33.9 Å². The largest absolute Gasteiger partial charge is 0.493 e. The zero-order valence-corrected chi connectivity index (χ0v) is 16.1. The van der Waals surface area contributed by atoms with Gasteiger partial charge in [-0.3, -0.25) is 9.69 Å². The number of nitrogens with zero attached hydrogens (tertiary/aromatic N) is 1. The Labute approximate surface area is 161 Å². The molecule has 5 heteroatoms. The van der Waals surface area contributed by atoms with Crippen molar-refractivity contribution < 1.29 is 14.3 Å². The van der Waals surface area contributed by atoms with Crippen LogP contribution in [0.15, 0.2) is 48.5 Å². The molecule has 1 atom stereocenters. The molecule has 0 bridgehead atoms. The molecule has 1 unspecified atom stereocenters. The van der Waals surface area contributed by atoms with Gasteiger partial charge >= 0.3 is 0 Å². The first-order valence-corrected chi connectivity index (χ1v) is 9.52. The second-order valence-corrected chi connectivity index (χ2v) is 6.80. The molecule has 0 aromatic heterocycles. The minimum atomic E-state index is -0.0434.